The van der Waals surface area contributed by atoms with Crippen LogP contribution >= 0.6 is 11.6 Å². The van der Waals surface area contributed by atoms with E-state index in [0.717, 1.165) is 50.8 Å². The number of carbonyl (C=O) groups is 2. The highest BCUT2D eigenvalue weighted by molar-refractivity contribution is 6.30. The molecule has 0 aromatic heterocycles. The SMILES string of the molecule is CC(C)(C)OC(=O)N1CCC2(CCCN(C(=O)C3(c4ccc(Cl)cc4)CC3)C2)C1. The van der Waals surface area contributed by atoms with Crippen LogP contribution in [0, 0.1) is 5.41 Å². The predicted molar refractivity (Wildman–Crippen MR) is 113 cm³/mol. The molecule has 0 radical (unpaired) electrons. The summed E-state index contributed by atoms with van der Waals surface area (Å²) in [5.41, 5.74) is 0.222. The van der Waals surface area contributed by atoms with Crippen molar-refractivity contribution in [2.24, 2.45) is 5.41 Å². The maximum Gasteiger partial charge on any atom is 0.410 e. The first-order valence-electron chi connectivity index (χ1n) is 10.7. The Bertz CT molecular complexity index is 797. The van der Waals surface area contributed by atoms with E-state index < -0.39 is 5.60 Å². The molecule has 5 nitrogen and oxygen atoms in total. The summed E-state index contributed by atoms with van der Waals surface area (Å²) in [5.74, 6) is 0.245. The number of halogens is 1. The molecule has 29 heavy (non-hydrogen) atoms. The number of hydrogen-bond donors (Lipinski definition) is 0. The lowest BCUT2D eigenvalue weighted by molar-refractivity contribution is -0.137. The fourth-order valence-electron chi connectivity index (χ4n) is 4.95. The number of benzene rings is 1. The van der Waals surface area contributed by atoms with Crippen LogP contribution in [0.3, 0.4) is 0 Å². The topological polar surface area (TPSA) is 49.9 Å². The maximum absolute atomic E-state index is 13.5. The van der Waals surface area contributed by atoms with Crippen LogP contribution in [0.5, 0.6) is 0 Å². The van der Waals surface area contributed by atoms with Crippen LogP contribution in [-0.4, -0.2) is 53.6 Å². The Hall–Kier alpha value is -1.75. The number of carbonyl (C=O) groups excluding carboxylic acids is 2. The molecule has 0 bridgehead atoms. The van der Waals surface area contributed by atoms with Crippen molar-refractivity contribution in [1.29, 1.82) is 0 Å². The largest absolute Gasteiger partial charge is 0.444 e. The summed E-state index contributed by atoms with van der Waals surface area (Å²) < 4.78 is 5.56. The fraction of sp³-hybridized carbons (Fsp3) is 0.652. The van der Waals surface area contributed by atoms with Crippen LogP contribution in [0.1, 0.15) is 58.4 Å². The van der Waals surface area contributed by atoms with E-state index in [1.54, 1.807) is 0 Å². The monoisotopic (exact) mass is 418 g/mol. The molecule has 2 aliphatic heterocycles. The van der Waals surface area contributed by atoms with Gasteiger partial charge in [-0.2, -0.15) is 0 Å². The Morgan fingerprint density at radius 3 is 2.24 bits per heavy atom. The summed E-state index contributed by atoms with van der Waals surface area (Å²) in [6, 6.07) is 7.73. The van der Waals surface area contributed by atoms with E-state index in [-0.39, 0.29) is 22.8 Å². The lowest BCUT2D eigenvalue weighted by Crippen LogP contribution is -2.50. The minimum atomic E-state index is -0.488. The minimum absolute atomic E-state index is 0.000883. The van der Waals surface area contributed by atoms with Crippen molar-refractivity contribution in [3.8, 4) is 0 Å². The van der Waals surface area contributed by atoms with Crippen LogP contribution in [0.25, 0.3) is 0 Å². The van der Waals surface area contributed by atoms with Crippen LogP contribution in [-0.2, 0) is 14.9 Å². The van der Waals surface area contributed by atoms with Crippen LogP contribution in [0.2, 0.25) is 5.02 Å². The van der Waals surface area contributed by atoms with Crippen molar-refractivity contribution < 1.29 is 14.3 Å². The van der Waals surface area contributed by atoms with Gasteiger partial charge in [0.15, 0.2) is 0 Å². The van der Waals surface area contributed by atoms with Gasteiger partial charge in [-0.25, -0.2) is 4.79 Å². The van der Waals surface area contributed by atoms with E-state index >= 15 is 0 Å². The van der Waals surface area contributed by atoms with Crippen molar-refractivity contribution in [1.82, 2.24) is 9.80 Å². The summed E-state index contributed by atoms with van der Waals surface area (Å²) in [6.07, 6.45) is 4.55. The quantitative estimate of drug-likeness (QED) is 0.704. The molecule has 4 rings (SSSR count). The molecule has 2 saturated heterocycles. The summed E-state index contributed by atoms with van der Waals surface area (Å²) in [6.45, 7) is 8.61. The Kier molecular flexibility index (Phi) is 5.09. The normalized spacial score (nSPS) is 25.9. The Morgan fingerprint density at radius 1 is 0.966 bits per heavy atom. The number of piperidine rings is 1. The first kappa shape index (κ1) is 20.5. The molecule has 1 aromatic carbocycles. The first-order valence-corrected chi connectivity index (χ1v) is 11.0. The standard InChI is InChI=1S/C23H31ClN2O3/c1-21(2,3)29-20(28)26-14-12-22(16-26)9-4-13-25(15-22)19(27)23(10-11-23)17-5-7-18(24)8-6-17/h5-8H,4,9-16H2,1-3H3. The highest BCUT2D eigenvalue weighted by atomic mass is 35.5. The molecule has 1 saturated carbocycles. The Morgan fingerprint density at radius 2 is 1.62 bits per heavy atom. The van der Waals surface area contributed by atoms with Gasteiger partial charge in [0.25, 0.3) is 0 Å². The summed E-state index contributed by atoms with van der Waals surface area (Å²) >= 11 is 6.03. The molecule has 2 amide bonds. The van der Waals surface area contributed by atoms with Gasteiger partial charge >= 0.3 is 6.09 Å². The summed E-state index contributed by atoms with van der Waals surface area (Å²) in [5, 5.41) is 0.696. The van der Waals surface area contributed by atoms with Gasteiger partial charge in [-0.05, 0) is 70.6 Å². The average Bonchev–Trinajstić information content (AvgIpc) is 3.37. The highest BCUT2D eigenvalue weighted by Crippen LogP contribution is 2.51. The second kappa shape index (κ2) is 7.19. The molecular weight excluding hydrogens is 388 g/mol. The average molecular weight is 419 g/mol. The third-order valence-electron chi connectivity index (χ3n) is 6.59. The molecule has 158 valence electrons. The molecule has 1 aliphatic carbocycles. The Balaban J connectivity index is 1.44. The summed E-state index contributed by atoms with van der Waals surface area (Å²) in [4.78, 5) is 29.9. The summed E-state index contributed by atoms with van der Waals surface area (Å²) in [7, 11) is 0. The third-order valence-corrected chi connectivity index (χ3v) is 6.85. The van der Waals surface area contributed by atoms with Crippen molar-refractivity contribution >= 4 is 23.6 Å². The molecular formula is C23H31ClN2O3. The molecule has 0 N–H and O–H groups in total. The lowest BCUT2D eigenvalue weighted by Gasteiger charge is -2.41. The fourth-order valence-corrected chi connectivity index (χ4v) is 5.08. The minimum Gasteiger partial charge on any atom is -0.444 e. The lowest BCUT2D eigenvalue weighted by atomic mass is 9.78. The number of rotatable bonds is 2. The van der Waals surface area contributed by atoms with Crippen molar-refractivity contribution in [2.45, 2.75) is 63.9 Å². The second-order valence-electron chi connectivity index (χ2n) is 10.1. The smallest absolute Gasteiger partial charge is 0.410 e. The Labute approximate surface area is 178 Å². The maximum atomic E-state index is 13.5. The van der Waals surface area contributed by atoms with Gasteiger partial charge in [0, 0.05) is 36.6 Å². The number of likely N-dealkylation sites (tertiary alicyclic amines) is 2. The molecule has 6 heteroatoms. The number of amides is 2. The van der Waals surface area contributed by atoms with E-state index in [1.807, 2.05) is 49.9 Å². The van der Waals surface area contributed by atoms with Gasteiger partial charge in [-0.15, -0.1) is 0 Å². The second-order valence-corrected chi connectivity index (χ2v) is 10.5. The van der Waals surface area contributed by atoms with Gasteiger partial charge in [-0.1, -0.05) is 23.7 Å². The molecule has 1 atom stereocenters. The predicted octanol–water partition coefficient (Wildman–Crippen LogP) is 4.62. The molecule has 1 aromatic rings. The molecule has 3 fully saturated rings. The zero-order valence-electron chi connectivity index (χ0n) is 17.7. The van der Waals surface area contributed by atoms with E-state index in [0.29, 0.717) is 18.1 Å². The van der Waals surface area contributed by atoms with Crippen LogP contribution in [0.15, 0.2) is 24.3 Å². The van der Waals surface area contributed by atoms with Crippen LogP contribution in [0.4, 0.5) is 4.79 Å². The number of ether oxygens (including phenoxy) is 1. The molecule has 3 aliphatic rings. The van der Waals surface area contributed by atoms with Gasteiger partial charge in [0.2, 0.25) is 5.91 Å². The highest BCUT2D eigenvalue weighted by Gasteiger charge is 2.55. The zero-order valence-corrected chi connectivity index (χ0v) is 18.4. The first-order chi connectivity index (χ1) is 13.6. The van der Waals surface area contributed by atoms with Gasteiger partial charge in [0.05, 0.1) is 5.41 Å². The van der Waals surface area contributed by atoms with Gasteiger partial charge < -0.3 is 14.5 Å². The van der Waals surface area contributed by atoms with E-state index in [4.69, 9.17) is 16.3 Å². The van der Waals surface area contributed by atoms with Crippen LogP contribution < -0.4 is 0 Å². The number of nitrogens with zero attached hydrogens (tertiary/aromatic N) is 2. The molecule has 2 heterocycles. The van der Waals surface area contributed by atoms with Crippen molar-refractivity contribution in [3.63, 3.8) is 0 Å². The van der Waals surface area contributed by atoms with E-state index in [1.165, 1.54) is 0 Å². The van der Waals surface area contributed by atoms with Crippen molar-refractivity contribution in [3.05, 3.63) is 34.9 Å². The van der Waals surface area contributed by atoms with Gasteiger partial charge in [0.1, 0.15) is 5.60 Å². The van der Waals surface area contributed by atoms with Crippen molar-refractivity contribution in [2.75, 3.05) is 26.2 Å². The zero-order chi connectivity index (χ0) is 20.9. The van der Waals surface area contributed by atoms with E-state index in [2.05, 4.69) is 4.90 Å². The molecule has 1 spiro atoms. The number of hydrogen-bond acceptors (Lipinski definition) is 3. The van der Waals surface area contributed by atoms with E-state index in [9.17, 15) is 9.59 Å². The third kappa shape index (κ3) is 4.11. The molecule has 1 unspecified atom stereocenters. The van der Waals surface area contributed by atoms with Gasteiger partial charge in [-0.3, -0.25) is 4.79 Å².